The maximum atomic E-state index is 12.0. The average Bonchev–Trinajstić information content (AvgIpc) is 2.70. The van der Waals surface area contributed by atoms with Crippen molar-refractivity contribution in [1.29, 1.82) is 0 Å². The van der Waals surface area contributed by atoms with Crippen molar-refractivity contribution in [3.63, 3.8) is 0 Å². The largest absolute Gasteiger partial charge is 0.354 e. The summed E-state index contributed by atoms with van der Waals surface area (Å²) in [7, 11) is 0. The maximum absolute atomic E-state index is 12.0. The molecule has 2 aromatic rings. The fourth-order valence-corrected chi connectivity index (χ4v) is 2.44. The first-order valence-electron chi connectivity index (χ1n) is 9.07. The van der Waals surface area contributed by atoms with Crippen molar-refractivity contribution in [1.82, 2.24) is 10.6 Å². The van der Waals surface area contributed by atoms with Crippen LogP contribution in [0.3, 0.4) is 0 Å². The molecule has 27 heavy (non-hydrogen) atoms. The van der Waals surface area contributed by atoms with E-state index in [4.69, 9.17) is 0 Å². The van der Waals surface area contributed by atoms with Gasteiger partial charge in [-0.2, -0.15) is 0 Å². The van der Waals surface area contributed by atoms with E-state index in [-0.39, 0.29) is 17.7 Å². The van der Waals surface area contributed by atoms with Crippen LogP contribution in [-0.2, 0) is 16.0 Å². The van der Waals surface area contributed by atoms with Crippen LogP contribution in [0.4, 0.5) is 5.69 Å². The van der Waals surface area contributed by atoms with E-state index in [1.165, 1.54) is 0 Å². The average molecular weight is 367 g/mol. The molecule has 0 fully saturated rings. The first-order valence-corrected chi connectivity index (χ1v) is 9.07. The van der Waals surface area contributed by atoms with Crippen LogP contribution in [0, 0.1) is 0 Å². The molecule has 0 saturated carbocycles. The van der Waals surface area contributed by atoms with Crippen molar-refractivity contribution in [2.75, 3.05) is 18.4 Å². The summed E-state index contributed by atoms with van der Waals surface area (Å²) < 4.78 is 0. The lowest BCUT2D eigenvalue weighted by Gasteiger charge is -2.08. The summed E-state index contributed by atoms with van der Waals surface area (Å²) in [6.07, 6.45) is 1.50. The quantitative estimate of drug-likeness (QED) is 0.595. The van der Waals surface area contributed by atoms with E-state index >= 15 is 0 Å². The van der Waals surface area contributed by atoms with Crippen molar-refractivity contribution >= 4 is 23.4 Å². The number of aryl methyl sites for hydroxylation is 1. The SMILES string of the molecule is CCC(=O)NCCNC(=O)c1ccc(NC(=O)CCc2ccccc2)cc1. The summed E-state index contributed by atoms with van der Waals surface area (Å²) in [5.74, 6) is -0.331. The molecule has 0 aromatic heterocycles. The lowest BCUT2D eigenvalue weighted by atomic mass is 10.1. The summed E-state index contributed by atoms with van der Waals surface area (Å²) in [6.45, 7) is 2.53. The zero-order chi connectivity index (χ0) is 19.5. The lowest BCUT2D eigenvalue weighted by Crippen LogP contribution is -2.34. The van der Waals surface area contributed by atoms with Crippen molar-refractivity contribution in [3.8, 4) is 0 Å². The highest BCUT2D eigenvalue weighted by Crippen LogP contribution is 2.11. The van der Waals surface area contributed by atoms with Crippen molar-refractivity contribution < 1.29 is 14.4 Å². The van der Waals surface area contributed by atoms with Crippen molar-refractivity contribution in [2.24, 2.45) is 0 Å². The molecule has 2 aromatic carbocycles. The first kappa shape index (κ1) is 20.2. The van der Waals surface area contributed by atoms with Crippen LogP contribution in [0.1, 0.15) is 35.7 Å². The molecule has 0 heterocycles. The zero-order valence-electron chi connectivity index (χ0n) is 15.5. The second kappa shape index (κ2) is 10.8. The van der Waals surface area contributed by atoms with Gasteiger partial charge in [0.25, 0.3) is 5.91 Å². The van der Waals surface area contributed by atoms with E-state index in [2.05, 4.69) is 16.0 Å². The molecule has 0 aliphatic rings. The smallest absolute Gasteiger partial charge is 0.251 e. The van der Waals surface area contributed by atoms with Gasteiger partial charge in [-0.05, 0) is 36.2 Å². The van der Waals surface area contributed by atoms with Crippen LogP contribution >= 0.6 is 0 Å². The highest BCUT2D eigenvalue weighted by molar-refractivity contribution is 5.95. The summed E-state index contributed by atoms with van der Waals surface area (Å²) in [4.78, 5) is 35.2. The van der Waals surface area contributed by atoms with E-state index in [9.17, 15) is 14.4 Å². The van der Waals surface area contributed by atoms with Gasteiger partial charge in [0.1, 0.15) is 0 Å². The molecule has 0 saturated heterocycles. The molecule has 3 amide bonds. The predicted molar refractivity (Wildman–Crippen MR) is 105 cm³/mol. The van der Waals surface area contributed by atoms with Crippen molar-refractivity contribution in [3.05, 3.63) is 65.7 Å². The van der Waals surface area contributed by atoms with Crippen LogP contribution < -0.4 is 16.0 Å². The Balaban J connectivity index is 1.74. The molecule has 0 radical (unpaired) electrons. The van der Waals surface area contributed by atoms with Gasteiger partial charge in [-0.15, -0.1) is 0 Å². The van der Waals surface area contributed by atoms with Gasteiger partial charge >= 0.3 is 0 Å². The second-order valence-corrected chi connectivity index (χ2v) is 6.07. The number of nitrogens with one attached hydrogen (secondary N) is 3. The Bertz CT molecular complexity index is 758. The summed E-state index contributed by atoms with van der Waals surface area (Å²) >= 11 is 0. The summed E-state index contributed by atoms with van der Waals surface area (Å²) in [5, 5.41) is 8.26. The van der Waals surface area contributed by atoms with E-state index in [0.717, 1.165) is 5.56 Å². The number of hydrogen-bond acceptors (Lipinski definition) is 3. The Hall–Kier alpha value is -3.15. The molecule has 0 aliphatic carbocycles. The summed E-state index contributed by atoms with van der Waals surface area (Å²) in [6, 6.07) is 16.6. The van der Waals surface area contributed by atoms with E-state index in [1.807, 2.05) is 30.3 Å². The number of amides is 3. The number of hydrogen-bond donors (Lipinski definition) is 3. The molecule has 0 spiro atoms. The van der Waals surface area contributed by atoms with Gasteiger partial charge in [-0.25, -0.2) is 0 Å². The van der Waals surface area contributed by atoms with Gasteiger partial charge in [0.2, 0.25) is 11.8 Å². The molecule has 0 unspecified atom stereocenters. The van der Waals surface area contributed by atoms with Gasteiger partial charge in [0.15, 0.2) is 0 Å². The molecular weight excluding hydrogens is 342 g/mol. The summed E-state index contributed by atoms with van der Waals surface area (Å²) in [5.41, 5.74) is 2.27. The van der Waals surface area contributed by atoms with E-state index < -0.39 is 0 Å². The van der Waals surface area contributed by atoms with Crippen LogP contribution in [0.5, 0.6) is 0 Å². The normalized spacial score (nSPS) is 10.1. The second-order valence-electron chi connectivity index (χ2n) is 6.07. The van der Waals surface area contributed by atoms with Gasteiger partial charge in [0, 0.05) is 37.2 Å². The monoisotopic (exact) mass is 367 g/mol. The first-order chi connectivity index (χ1) is 13.1. The van der Waals surface area contributed by atoms with E-state index in [0.29, 0.717) is 43.6 Å². The van der Waals surface area contributed by atoms with Crippen molar-refractivity contribution in [2.45, 2.75) is 26.2 Å². The van der Waals surface area contributed by atoms with Crippen LogP contribution in [0.15, 0.2) is 54.6 Å². The topological polar surface area (TPSA) is 87.3 Å². The zero-order valence-corrected chi connectivity index (χ0v) is 15.5. The van der Waals surface area contributed by atoms with Gasteiger partial charge in [-0.1, -0.05) is 37.3 Å². The molecule has 6 nitrogen and oxygen atoms in total. The Morgan fingerprint density at radius 3 is 2.15 bits per heavy atom. The third-order valence-corrected chi connectivity index (χ3v) is 3.97. The Morgan fingerprint density at radius 1 is 0.815 bits per heavy atom. The number of carbonyl (C=O) groups excluding carboxylic acids is 3. The Kier molecular flexibility index (Phi) is 8.03. The van der Waals surface area contributed by atoms with Gasteiger partial charge in [0.05, 0.1) is 0 Å². The molecule has 2 rings (SSSR count). The Morgan fingerprint density at radius 2 is 1.48 bits per heavy atom. The minimum atomic E-state index is -0.220. The minimum absolute atomic E-state index is 0.0448. The van der Waals surface area contributed by atoms with E-state index in [1.54, 1.807) is 31.2 Å². The number of anilines is 1. The molecular formula is C21H25N3O3. The molecule has 0 bridgehead atoms. The maximum Gasteiger partial charge on any atom is 0.251 e. The fourth-order valence-electron chi connectivity index (χ4n) is 2.44. The number of rotatable bonds is 9. The number of carbonyl (C=O) groups is 3. The molecule has 3 N–H and O–H groups in total. The third kappa shape index (κ3) is 7.32. The Labute approximate surface area is 159 Å². The molecule has 0 aliphatic heterocycles. The fraction of sp³-hybridized carbons (Fsp3) is 0.286. The minimum Gasteiger partial charge on any atom is -0.354 e. The number of benzene rings is 2. The molecule has 142 valence electrons. The molecule has 6 heteroatoms. The van der Waals surface area contributed by atoms with Crippen LogP contribution in [0.2, 0.25) is 0 Å². The van der Waals surface area contributed by atoms with Gasteiger partial charge < -0.3 is 16.0 Å². The van der Waals surface area contributed by atoms with Crippen LogP contribution in [-0.4, -0.2) is 30.8 Å². The predicted octanol–water partition coefficient (Wildman–Crippen LogP) is 2.51. The molecule has 0 atom stereocenters. The van der Waals surface area contributed by atoms with Gasteiger partial charge in [-0.3, -0.25) is 14.4 Å². The highest BCUT2D eigenvalue weighted by Gasteiger charge is 2.07. The van der Waals surface area contributed by atoms with Crippen LogP contribution in [0.25, 0.3) is 0 Å². The lowest BCUT2D eigenvalue weighted by molar-refractivity contribution is -0.120. The highest BCUT2D eigenvalue weighted by atomic mass is 16.2. The standard InChI is InChI=1S/C21H25N3O3/c1-2-19(25)22-14-15-23-21(27)17-9-11-18(12-10-17)24-20(26)13-8-16-6-4-3-5-7-16/h3-7,9-12H,2,8,13-15H2,1H3,(H,22,25)(H,23,27)(H,24,26). The third-order valence-electron chi connectivity index (χ3n) is 3.97.